The number of benzene rings is 1. The summed E-state index contributed by atoms with van der Waals surface area (Å²) in [7, 11) is 0. The van der Waals surface area contributed by atoms with Crippen molar-refractivity contribution >= 4 is 0 Å². The maximum Gasteiger partial charge on any atom is 0.204 e. The van der Waals surface area contributed by atoms with Crippen LogP contribution in [0.15, 0.2) is 18.2 Å². The second-order valence-corrected chi connectivity index (χ2v) is 10.5. The molecule has 0 radical (unpaired) electrons. The lowest BCUT2D eigenvalue weighted by Crippen LogP contribution is -2.03. The lowest BCUT2D eigenvalue weighted by Gasteiger charge is -2.14. The molecular weight excluding hydrogens is 460 g/mol. The van der Waals surface area contributed by atoms with Gasteiger partial charge in [0.2, 0.25) is 5.82 Å². The summed E-state index contributed by atoms with van der Waals surface area (Å²) in [6.45, 7) is 5.99. The second-order valence-electron chi connectivity index (χ2n) is 10.5. The number of aromatic amines is 1. The molecule has 6 heteroatoms. The first-order valence-electron chi connectivity index (χ1n) is 15.5. The number of aromatic nitrogens is 4. The normalized spacial score (nSPS) is 11.2. The van der Waals surface area contributed by atoms with Crippen LogP contribution in [0.2, 0.25) is 0 Å². The molecular formula is C31H54N4O2. The zero-order chi connectivity index (χ0) is 26.2. The average molecular weight is 515 g/mol. The Kier molecular flexibility index (Phi) is 18.4. The third-order valence-corrected chi connectivity index (χ3v) is 7.06. The maximum atomic E-state index is 6.19. The number of nitrogens with one attached hydrogen (secondary N) is 1. The van der Waals surface area contributed by atoms with Crippen molar-refractivity contribution in [2.24, 2.45) is 0 Å². The summed E-state index contributed by atoms with van der Waals surface area (Å²) in [6, 6.07) is 5.94. The maximum absolute atomic E-state index is 6.19. The van der Waals surface area contributed by atoms with Crippen LogP contribution in [-0.4, -0.2) is 33.8 Å². The van der Waals surface area contributed by atoms with Gasteiger partial charge in [-0.1, -0.05) is 129 Å². The summed E-state index contributed by atoms with van der Waals surface area (Å²) in [5.74, 6) is 2.17. The van der Waals surface area contributed by atoms with Crippen molar-refractivity contribution in [2.75, 3.05) is 13.2 Å². The summed E-state index contributed by atoms with van der Waals surface area (Å²) < 4.78 is 12.3. The van der Waals surface area contributed by atoms with Gasteiger partial charge in [-0.15, -0.1) is 10.2 Å². The molecule has 0 aliphatic carbocycles. The Labute approximate surface area is 226 Å². The molecule has 0 atom stereocenters. The molecule has 0 unspecified atom stereocenters. The Bertz CT molecular complexity index is 767. The summed E-state index contributed by atoms with van der Waals surface area (Å²) in [5, 5.41) is 14.4. The third kappa shape index (κ3) is 15.0. The molecule has 2 aromatic rings. The van der Waals surface area contributed by atoms with Crippen LogP contribution < -0.4 is 9.47 Å². The number of H-pyrrole nitrogens is 1. The van der Waals surface area contributed by atoms with E-state index in [0.29, 0.717) is 12.4 Å². The largest absolute Gasteiger partial charge is 0.490 e. The molecule has 0 bridgehead atoms. The minimum Gasteiger partial charge on any atom is -0.490 e. The van der Waals surface area contributed by atoms with Crippen LogP contribution in [0.4, 0.5) is 0 Å². The van der Waals surface area contributed by atoms with Crippen LogP contribution in [0.3, 0.4) is 0 Å². The molecule has 0 fully saturated rings. The molecule has 1 aromatic heterocycles. The van der Waals surface area contributed by atoms with E-state index < -0.39 is 0 Å². The number of hydrogen-bond acceptors (Lipinski definition) is 5. The highest BCUT2D eigenvalue weighted by Gasteiger charge is 2.11. The number of nitrogens with zero attached hydrogens (tertiary/aromatic N) is 3. The molecule has 37 heavy (non-hydrogen) atoms. The summed E-state index contributed by atoms with van der Waals surface area (Å²) >= 11 is 0. The second kappa shape index (κ2) is 21.9. The van der Waals surface area contributed by atoms with E-state index in [1.54, 1.807) is 0 Å². The zero-order valence-electron chi connectivity index (χ0n) is 23.9. The van der Waals surface area contributed by atoms with Gasteiger partial charge in [0.05, 0.1) is 13.2 Å². The molecule has 0 aliphatic heterocycles. The smallest absolute Gasteiger partial charge is 0.204 e. The predicted molar refractivity (Wildman–Crippen MR) is 154 cm³/mol. The quantitative estimate of drug-likeness (QED) is 0.134. The molecule has 210 valence electrons. The van der Waals surface area contributed by atoms with E-state index in [-0.39, 0.29) is 0 Å². The Hall–Kier alpha value is -2.11. The van der Waals surface area contributed by atoms with Gasteiger partial charge in [0.25, 0.3) is 0 Å². The van der Waals surface area contributed by atoms with Gasteiger partial charge in [0.1, 0.15) is 0 Å². The van der Waals surface area contributed by atoms with Crippen LogP contribution in [0.1, 0.15) is 142 Å². The Balaban J connectivity index is 1.65. The lowest BCUT2D eigenvalue weighted by atomic mass is 10.1. The highest BCUT2D eigenvalue weighted by atomic mass is 16.5. The van der Waals surface area contributed by atoms with Gasteiger partial charge in [-0.3, -0.25) is 0 Å². The van der Waals surface area contributed by atoms with E-state index >= 15 is 0 Å². The van der Waals surface area contributed by atoms with Crippen molar-refractivity contribution in [3.63, 3.8) is 0 Å². The first-order valence-corrected chi connectivity index (χ1v) is 15.5. The first kappa shape index (κ1) is 31.1. The molecule has 1 N–H and O–H groups in total. The lowest BCUT2D eigenvalue weighted by molar-refractivity contribution is 0.258. The Morgan fingerprint density at radius 3 is 1.49 bits per heavy atom. The first-order chi connectivity index (χ1) is 18.3. The van der Waals surface area contributed by atoms with Crippen molar-refractivity contribution in [3.8, 4) is 22.9 Å². The molecule has 1 aromatic carbocycles. The Morgan fingerprint density at radius 1 is 0.568 bits per heavy atom. The van der Waals surface area contributed by atoms with Crippen LogP contribution in [0.25, 0.3) is 11.4 Å². The minimum absolute atomic E-state index is 0.574. The van der Waals surface area contributed by atoms with Crippen LogP contribution in [0.5, 0.6) is 11.5 Å². The van der Waals surface area contributed by atoms with Crippen molar-refractivity contribution in [1.29, 1.82) is 0 Å². The fourth-order valence-electron chi connectivity index (χ4n) is 4.71. The number of hydrogen-bond donors (Lipinski definition) is 1. The Morgan fingerprint density at radius 2 is 1.03 bits per heavy atom. The van der Waals surface area contributed by atoms with E-state index in [1.165, 1.54) is 116 Å². The molecule has 0 spiro atoms. The van der Waals surface area contributed by atoms with E-state index in [2.05, 4.69) is 34.5 Å². The third-order valence-electron chi connectivity index (χ3n) is 7.06. The monoisotopic (exact) mass is 514 g/mol. The molecule has 0 aliphatic rings. The molecule has 0 saturated carbocycles. The van der Waals surface area contributed by atoms with E-state index in [9.17, 15) is 0 Å². The van der Waals surface area contributed by atoms with Crippen LogP contribution in [0, 0.1) is 0 Å². The fourth-order valence-corrected chi connectivity index (χ4v) is 4.71. The van der Waals surface area contributed by atoms with Crippen molar-refractivity contribution in [3.05, 3.63) is 18.2 Å². The number of ether oxygens (including phenoxy) is 2. The van der Waals surface area contributed by atoms with Gasteiger partial charge in [-0.2, -0.15) is 5.21 Å². The van der Waals surface area contributed by atoms with E-state index in [1.807, 2.05) is 18.2 Å². The molecule has 6 nitrogen and oxygen atoms in total. The fraction of sp³-hybridized carbons (Fsp3) is 0.774. The topological polar surface area (TPSA) is 72.9 Å². The summed E-state index contributed by atoms with van der Waals surface area (Å²) in [6.07, 6.45) is 26.4. The van der Waals surface area contributed by atoms with Gasteiger partial charge in [-0.25, -0.2) is 0 Å². The summed E-state index contributed by atoms with van der Waals surface area (Å²) in [4.78, 5) is 0. The van der Waals surface area contributed by atoms with Gasteiger partial charge in [-0.05, 0) is 36.3 Å². The van der Waals surface area contributed by atoms with Crippen molar-refractivity contribution in [1.82, 2.24) is 20.6 Å². The molecule has 0 amide bonds. The van der Waals surface area contributed by atoms with E-state index in [0.717, 1.165) is 36.5 Å². The van der Waals surface area contributed by atoms with Gasteiger partial charge >= 0.3 is 0 Å². The number of tetrazole rings is 1. The minimum atomic E-state index is 0.574. The highest BCUT2D eigenvalue weighted by molar-refractivity contribution is 5.60. The summed E-state index contributed by atoms with van der Waals surface area (Å²) in [5.41, 5.74) is 0.887. The van der Waals surface area contributed by atoms with Gasteiger partial charge < -0.3 is 9.47 Å². The molecule has 1 heterocycles. The molecule has 2 rings (SSSR count). The van der Waals surface area contributed by atoms with Crippen molar-refractivity contribution < 1.29 is 9.47 Å². The number of unbranched alkanes of at least 4 members (excludes halogenated alkanes) is 18. The van der Waals surface area contributed by atoms with E-state index in [4.69, 9.17) is 9.47 Å². The van der Waals surface area contributed by atoms with Gasteiger partial charge in [0, 0.05) is 5.56 Å². The highest BCUT2D eigenvalue weighted by Crippen LogP contribution is 2.32. The van der Waals surface area contributed by atoms with Gasteiger partial charge in [0.15, 0.2) is 11.5 Å². The SMILES string of the molecule is CCCCCCCCCCCCOc1ccc(-c2nn[nH]n2)cc1OCCCCCCCCCCCC. The number of rotatable bonds is 25. The average Bonchev–Trinajstić information content (AvgIpc) is 3.46. The van der Waals surface area contributed by atoms with Crippen LogP contribution >= 0.6 is 0 Å². The van der Waals surface area contributed by atoms with Crippen LogP contribution in [-0.2, 0) is 0 Å². The predicted octanol–water partition coefficient (Wildman–Crippen LogP) is 9.47. The standard InChI is InChI=1S/C31H54N4O2/c1-3-5-7-9-11-13-15-17-19-21-25-36-29-24-23-28(31-32-34-35-33-31)27-30(29)37-26-22-20-18-16-14-12-10-8-6-4-2/h23-24,27H,3-22,25-26H2,1-2H3,(H,32,33,34,35). The van der Waals surface area contributed by atoms with Crippen molar-refractivity contribution in [2.45, 2.75) is 142 Å². The zero-order valence-corrected chi connectivity index (χ0v) is 23.9. The molecule has 0 saturated heterocycles.